The minimum absolute atomic E-state index is 0.0231. The van der Waals surface area contributed by atoms with Crippen LogP contribution in [0.15, 0.2) is 33.9 Å². The summed E-state index contributed by atoms with van der Waals surface area (Å²) in [7, 11) is 3.90. The number of anilines is 1. The molecule has 10 nitrogen and oxygen atoms in total. The molecule has 0 aliphatic rings. The lowest BCUT2D eigenvalue weighted by molar-refractivity contribution is -0.137. The van der Waals surface area contributed by atoms with E-state index in [1.54, 1.807) is 0 Å². The average molecular weight is 487 g/mol. The molecule has 0 saturated heterocycles. The number of nitrogens with zero attached hydrogens (tertiary/aromatic N) is 5. The molecule has 0 spiro atoms. The Kier molecular flexibility index (Phi) is 6.36. The van der Waals surface area contributed by atoms with Crippen molar-refractivity contribution in [1.29, 1.82) is 0 Å². The normalized spacial score (nSPS) is 11.6. The smallest absolute Gasteiger partial charge is 0.335 e. The zero-order chi connectivity index (χ0) is 24.7. The summed E-state index contributed by atoms with van der Waals surface area (Å²) >= 11 is 6.07. The van der Waals surface area contributed by atoms with Gasteiger partial charge >= 0.3 is 11.9 Å². The van der Waals surface area contributed by atoms with Crippen LogP contribution in [0.4, 0.5) is 18.9 Å². The number of carbonyl (C=O) groups is 2. The van der Waals surface area contributed by atoms with Gasteiger partial charge in [0, 0.05) is 21.1 Å². The van der Waals surface area contributed by atoms with Gasteiger partial charge in [-0.3, -0.25) is 28.1 Å². The van der Waals surface area contributed by atoms with Crippen LogP contribution in [0.5, 0.6) is 0 Å². The molecule has 1 aromatic carbocycles. The summed E-state index contributed by atoms with van der Waals surface area (Å²) in [5.74, 6) is -1.53. The second-order valence-corrected chi connectivity index (χ2v) is 7.52. The summed E-state index contributed by atoms with van der Waals surface area (Å²) < 4.78 is 42.3. The Morgan fingerprint density at radius 3 is 2.42 bits per heavy atom. The SMILES string of the molecule is CN(CC(=O)Nc1ccccc1C(F)(F)F)C(=O)Cn1c(Cl)nc2c1c(=O)n(C)c(=O)n2C. The first-order chi connectivity index (χ1) is 15.3. The number of fused-ring (bicyclic) bond motifs is 1. The van der Waals surface area contributed by atoms with E-state index in [1.165, 1.54) is 33.3 Å². The summed E-state index contributed by atoms with van der Waals surface area (Å²) in [5.41, 5.74) is -2.92. The molecular formula is C19H18ClF3N6O4. The minimum atomic E-state index is -4.67. The van der Waals surface area contributed by atoms with Crippen molar-refractivity contribution in [3.05, 3.63) is 56.0 Å². The first-order valence-electron chi connectivity index (χ1n) is 9.34. The molecule has 3 rings (SSSR count). The van der Waals surface area contributed by atoms with Gasteiger partial charge < -0.3 is 10.2 Å². The van der Waals surface area contributed by atoms with Crippen molar-refractivity contribution in [2.24, 2.45) is 14.1 Å². The maximum atomic E-state index is 13.1. The van der Waals surface area contributed by atoms with Gasteiger partial charge in [-0.1, -0.05) is 12.1 Å². The van der Waals surface area contributed by atoms with Crippen LogP contribution >= 0.6 is 11.6 Å². The zero-order valence-corrected chi connectivity index (χ0v) is 18.4. The molecule has 2 heterocycles. The number of benzene rings is 1. The highest BCUT2D eigenvalue weighted by molar-refractivity contribution is 6.29. The number of rotatable bonds is 5. The second-order valence-electron chi connectivity index (χ2n) is 7.19. The fourth-order valence-corrected chi connectivity index (χ4v) is 3.38. The number of hydrogen-bond donors (Lipinski definition) is 1. The molecule has 2 amide bonds. The number of hydrogen-bond acceptors (Lipinski definition) is 5. The molecule has 0 aliphatic carbocycles. The minimum Gasteiger partial charge on any atom is -0.335 e. The fourth-order valence-electron chi connectivity index (χ4n) is 3.15. The lowest BCUT2D eigenvalue weighted by atomic mass is 10.1. The molecule has 33 heavy (non-hydrogen) atoms. The molecule has 0 atom stereocenters. The van der Waals surface area contributed by atoms with Crippen LogP contribution in [0.2, 0.25) is 5.28 Å². The molecule has 0 bridgehead atoms. The van der Waals surface area contributed by atoms with Gasteiger partial charge in [-0.2, -0.15) is 18.2 Å². The summed E-state index contributed by atoms with van der Waals surface area (Å²) in [6.07, 6.45) is -4.67. The molecule has 0 radical (unpaired) electrons. The number of carbonyl (C=O) groups excluding carboxylic acids is 2. The van der Waals surface area contributed by atoms with Crippen LogP contribution in [0.1, 0.15) is 5.56 Å². The number of amides is 2. The maximum absolute atomic E-state index is 13.1. The topological polar surface area (TPSA) is 111 Å². The zero-order valence-electron chi connectivity index (χ0n) is 17.6. The molecule has 0 saturated carbocycles. The molecular weight excluding hydrogens is 469 g/mol. The number of alkyl halides is 3. The monoisotopic (exact) mass is 486 g/mol. The van der Waals surface area contributed by atoms with Crippen molar-refractivity contribution >= 4 is 40.3 Å². The number of likely N-dealkylation sites (N-methyl/N-ethyl adjacent to an activating group) is 1. The third-order valence-electron chi connectivity index (χ3n) is 4.91. The summed E-state index contributed by atoms with van der Waals surface area (Å²) in [4.78, 5) is 54.4. The van der Waals surface area contributed by atoms with Gasteiger partial charge in [0.2, 0.25) is 17.1 Å². The van der Waals surface area contributed by atoms with Gasteiger partial charge in [-0.25, -0.2) is 4.79 Å². The Morgan fingerprint density at radius 2 is 1.79 bits per heavy atom. The van der Waals surface area contributed by atoms with Crippen molar-refractivity contribution in [1.82, 2.24) is 23.6 Å². The van der Waals surface area contributed by atoms with Gasteiger partial charge in [0.25, 0.3) is 5.56 Å². The standard InChI is InChI=1S/C19H18ClF3N6O4/c1-26(8-12(30)24-11-7-5-4-6-10(11)19(21,22)23)13(31)9-29-14-15(25-17(29)20)27(2)18(33)28(3)16(14)32/h4-7H,8-9H2,1-3H3,(H,24,30). The Hall–Kier alpha value is -3.61. The molecule has 0 fully saturated rings. The molecule has 2 aromatic heterocycles. The van der Waals surface area contributed by atoms with Crippen LogP contribution in [0.3, 0.4) is 0 Å². The van der Waals surface area contributed by atoms with Gasteiger partial charge in [0.1, 0.15) is 6.54 Å². The van der Waals surface area contributed by atoms with E-state index >= 15 is 0 Å². The summed E-state index contributed by atoms with van der Waals surface area (Å²) in [6, 6.07) is 4.44. The third kappa shape index (κ3) is 4.62. The number of halogens is 4. The van der Waals surface area contributed by atoms with E-state index < -0.39 is 53.6 Å². The molecule has 176 valence electrons. The average Bonchev–Trinajstić information content (AvgIpc) is 3.06. The van der Waals surface area contributed by atoms with E-state index in [0.717, 1.165) is 30.7 Å². The largest absolute Gasteiger partial charge is 0.418 e. The number of aryl methyl sites for hydroxylation is 1. The second kappa shape index (κ2) is 8.73. The fraction of sp³-hybridized carbons (Fsp3) is 0.316. The van der Waals surface area contributed by atoms with Crippen LogP contribution < -0.4 is 16.6 Å². The van der Waals surface area contributed by atoms with E-state index in [4.69, 9.17) is 11.6 Å². The maximum Gasteiger partial charge on any atom is 0.418 e. The van der Waals surface area contributed by atoms with Gasteiger partial charge in [0.05, 0.1) is 17.8 Å². The molecule has 14 heteroatoms. The van der Waals surface area contributed by atoms with Gasteiger partial charge in [-0.15, -0.1) is 0 Å². The number of para-hydroxylation sites is 1. The highest BCUT2D eigenvalue weighted by atomic mass is 35.5. The first kappa shape index (κ1) is 24.0. The Morgan fingerprint density at radius 1 is 1.15 bits per heavy atom. The lowest BCUT2D eigenvalue weighted by Gasteiger charge is -2.19. The van der Waals surface area contributed by atoms with Gasteiger partial charge in [0.15, 0.2) is 11.2 Å². The van der Waals surface area contributed by atoms with E-state index in [0.29, 0.717) is 0 Å². The van der Waals surface area contributed by atoms with Crippen molar-refractivity contribution in [3.63, 3.8) is 0 Å². The van der Waals surface area contributed by atoms with Crippen LogP contribution in [0, 0.1) is 0 Å². The molecule has 0 unspecified atom stereocenters. The molecule has 3 aromatic rings. The Balaban J connectivity index is 1.80. The summed E-state index contributed by atoms with van der Waals surface area (Å²) in [5, 5.41) is 1.92. The van der Waals surface area contributed by atoms with E-state index in [2.05, 4.69) is 10.3 Å². The van der Waals surface area contributed by atoms with E-state index in [1.807, 2.05) is 0 Å². The molecule has 0 aliphatic heterocycles. The number of nitrogens with one attached hydrogen (secondary N) is 1. The van der Waals surface area contributed by atoms with Gasteiger partial charge in [-0.05, 0) is 23.7 Å². The summed E-state index contributed by atoms with van der Waals surface area (Å²) in [6.45, 7) is -1.06. The Bertz CT molecular complexity index is 1370. The van der Waals surface area contributed by atoms with Crippen molar-refractivity contribution in [3.8, 4) is 0 Å². The molecule has 1 N–H and O–H groups in total. The van der Waals surface area contributed by atoms with Crippen LogP contribution in [0.25, 0.3) is 11.2 Å². The van der Waals surface area contributed by atoms with Crippen molar-refractivity contribution in [2.75, 3.05) is 18.9 Å². The highest BCUT2D eigenvalue weighted by Gasteiger charge is 2.33. The van der Waals surface area contributed by atoms with E-state index in [9.17, 15) is 32.3 Å². The van der Waals surface area contributed by atoms with E-state index in [-0.39, 0.29) is 16.4 Å². The Labute approximate surface area is 188 Å². The van der Waals surface area contributed by atoms with Crippen LogP contribution in [-0.4, -0.2) is 49.0 Å². The quantitative estimate of drug-likeness (QED) is 0.545. The van der Waals surface area contributed by atoms with Crippen molar-refractivity contribution < 1.29 is 22.8 Å². The van der Waals surface area contributed by atoms with Crippen LogP contribution in [-0.2, 0) is 36.4 Å². The predicted octanol–water partition coefficient (Wildman–Crippen LogP) is 1.20. The first-order valence-corrected chi connectivity index (χ1v) is 9.72. The number of aromatic nitrogens is 4. The van der Waals surface area contributed by atoms with Crippen molar-refractivity contribution in [2.45, 2.75) is 12.7 Å². The highest BCUT2D eigenvalue weighted by Crippen LogP contribution is 2.34. The third-order valence-corrected chi connectivity index (χ3v) is 5.20. The lowest BCUT2D eigenvalue weighted by Crippen LogP contribution is -2.39. The predicted molar refractivity (Wildman–Crippen MR) is 113 cm³/mol. The number of imidazole rings is 1.